The van der Waals surface area contributed by atoms with Crippen molar-refractivity contribution in [2.45, 2.75) is 24.3 Å². The van der Waals surface area contributed by atoms with Crippen molar-refractivity contribution in [2.24, 2.45) is 0 Å². The maximum Gasteiger partial charge on any atom is 0.586 e. The minimum absolute atomic E-state index is 0.180. The van der Waals surface area contributed by atoms with Gasteiger partial charge in [-0.05, 0) is 29.8 Å². The van der Waals surface area contributed by atoms with E-state index in [1.165, 1.54) is 37.4 Å². The summed E-state index contributed by atoms with van der Waals surface area (Å²) in [6, 6.07) is 5.67. The first-order valence-electron chi connectivity index (χ1n) is 10.4. The van der Waals surface area contributed by atoms with Crippen molar-refractivity contribution in [3.63, 3.8) is 0 Å². The number of rotatable bonds is 4. The van der Waals surface area contributed by atoms with Crippen molar-refractivity contribution in [2.75, 3.05) is 5.75 Å². The van der Waals surface area contributed by atoms with E-state index >= 15 is 0 Å². The minimum Gasteiger partial charge on any atom is -0.395 e. The number of fused-ring (bicyclic) bond motifs is 2. The summed E-state index contributed by atoms with van der Waals surface area (Å²) in [5.74, 6) is -1.30. The molecule has 0 N–H and O–H groups in total. The van der Waals surface area contributed by atoms with E-state index in [0.717, 1.165) is 6.20 Å². The van der Waals surface area contributed by atoms with Gasteiger partial charge in [-0.25, -0.2) is 18.4 Å². The summed E-state index contributed by atoms with van der Waals surface area (Å²) in [4.78, 5) is 20.3. The third kappa shape index (κ3) is 4.34. The molecule has 1 aromatic carbocycles. The van der Waals surface area contributed by atoms with Gasteiger partial charge in [0.05, 0.1) is 17.5 Å². The molecule has 4 aromatic rings. The van der Waals surface area contributed by atoms with E-state index in [2.05, 4.69) is 24.5 Å². The number of hydrogen-bond acceptors (Lipinski definition) is 8. The first-order valence-corrected chi connectivity index (χ1v) is 12.0. The molecule has 4 heterocycles. The third-order valence-electron chi connectivity index (χ3n) is 5.43. The van der Waals surface area contributed by atoms with E-state index in [4.69, 9.17) is 0 Å². The fourth-order valence-electron chi connectivity index (χ4n) is 3.60. The molecule has 0 spiro atoms. The average molecular weight is 540 g/mol. The number of nitrogens with zero attached hydrogens (tertiary/aromatic N) is 4. The Kier molecular flexibility index (Phi) is 5.44. The van der Waals surface area contributed by atoms with Crippen LogP contribution in [-0.4, -0.2) is 40.2 Å². The Hall–Kier alpha value is -4.14. The Morgan fingerprint density at radius 3 is 2.41 bits per heavy atom. The van der Waals surface area contributed by atoms with Gasteiger partial charge in [-0.15, -0.1) is 8.78 Å². The molecule has 0 radical (unpaired) electrons. The SMILES string of the molecule is CCS(=O)(=O)c1cc(-c2ccc3c(c2)OC(F)(F)O3)cnc1-n1ncc2cc(C(F)(F)F)cnc2c1=O. The molecule has 0 fully saturated rings. The second kappa shape index (κ2) is 8.19. The van der Waals surface area contributed by atoms with Gasteiger partial charge < -0.3 is 9.47 Å². The molecule has 192 valence electrons. The molecule has 0 saturated carbocycles. The van der Waals surface area contributed by atoms with E-state index in [1.54, 1.807) is 0 Å². The lowest BCUT2D eigenvalue weighted by atomic mass is 10.1. The lowest BCUT2D eigenvalue weighted by Crippen LogP contribution is -2.25. The average Bonchev–Trinajstić information content (AvgIpc) is 3.16. The van der Waals surface area contributed by atoms with Gasteiger partial charge in [0.1, 0.15) is 10.4 Å². The first-order chi connectivity index (χ1) is 17.3. The number of halogens is 5. The summed E-state index contributed by atoms with van der Waals surface area (Å²) in [6.07, 6.45) is -5.94. The van der Waals surface area contributed by atoms with Crippen LogP contribution in [0.5, 0.6) is 11.5 Å². The highest BCUT2D eigenvalue weighted by atomic mass is 32.2. The molecular formula is C22H13F5N4O5S. The molecule has 37 heavy (non-hydrogen) atoms. The number of sulfone groups is 1. The number of benzene rings is 1. The lowest BCUT2D eigenvalue weighted by molar-refractivity contribution is -0.286. The molecule has 0 unspecified atom stereocenters. The highest BCUT2D eigenvalue weighted by Gasteiger charge is 2.43. The molecular weight excluding hydrogens is 527 g/mol. The van der Waals surface area contributed by atoms with E-state index in [0.29, 0.717) is 16.9 Å². The summed E-state index contributed by atoms with van der Waals surface area (Å²) in [5, 5.41) is 3.62. The first kappa shape index (κ1) is 24.5. The maximum atomic E-state index is 13.4. The van der Waals surface area contributed by atoms with Crippen LogP contribution in [0.1, 0.15) is 12.5 Å². The van der Waals surface area contributed by atoms with Gasteiger partial charge in [-0.3, -0.25) is 4.79 Å². The molecule has 0 atom stereocenters. The Morgan fingerprint density at radius 2 is 1.70 bits per heavy atom. The number of aromatic nitrogens is 4. The van der Waals surface area contributed by atoms with Gasteiger partial charge in [0.15, 0.2) is 27.2 Å². The maximum absolute atomic E-state index is 13.4. The van der Waals surface area contributed by atoms with Gasteiger partial charge in [0.25, 0.3) is 5.56 Å². The summed E-state index contributed by atoms with van der Waals surface area (Å²) in [6.45, 7) is 1.35. The van der Waals surface area contributed by atoms with Gasteiger partial charge >= 0.3 is 12.5 Å². The van der Waals surface area contributed by atoms with Crippen molar-refractivity contribution >= 4 is 20.7 Å². The molecule has 15 heteroatoms. The van der Waals surface area contributed by atoms with E-state index in [-0.39, 0.29) is 33.5 Å². The van der Waals surface area contributed by atoms with Crippen LogP contribution in [-0.2, 0) is 16.0 Å². The van der Waals surface area contributed by atoms with Crippen molar-refractivity contribution < 1.29 is 39.8 Å². The van der Waals surface area contributed by atoms with Crippen LogP contribution in [0.3, 0.4) is 0 Å². The van der Waals surface area contributed by atoms with E-state index < -0.39 is 49.9 Å². The standard InChI is InChI=1S/C22H13F5N4O5S/c1-2-37(33,34)17-7-12(11-3-4-15-16(6-11)36-22(26,27)35-15)8-29-19(17)31-20(32)18-13(9-30-31)5-14(10-28-18)21(23,24)25/h3-10H,2H2,1H3. The van der Waals surface area contributed by atoms with Crippen LogP contribution >= 0.6 is 0 Å². The molecule has 1 aliphatic rings. The smallest absolute Gasteiger partial charge is 0.395 e. The molecule has 0 amide bonds. The molecule has 3 aromatic heterocycles. The number of hydrogen-bond donors (Lipinski definition) is 0. The normalized spacial score (nSPS) is 14.8. The van der Waals surface area contributed by atoms with Gasteiger partial charge in [-0.2, -0.15) is 23.0 Å². The number of pyridine rings is 2. The largest absolute Gasteiger partial charge is 0.586 e. The second-order valence-corrected chi connectivity index (χ2v) is 10.0. The van der Waals surface area contributed by atoms with Crippen LogP contribution in [0.2, 0.25) is 0 Å². The highest BCUT2D eigenvalue weighted by molar-refractivity contribution is 7.91. The van der Waals surface area contributed by atoms with Crippen molar-refractivity contribution in [1.29, 1.82) is 0 Å². The molecule has 0 aliphatic carbocycles. The Morgan fingerprint density at radius 1 is 0.973 bits per heavy atom. The van der Waals surface area contributed by atoms with Gasteiger partial charge in [0, 0.05) is 23.3 Å². The van der Waals surface area contributed by atoms with E-state index in [1.807, 2.05) is 0 Å². The minimum atomic E-state index is -4.69. The van der Waals surface area contributed by atoms with Crippen molar-refractivity contribution in [3.05, 3.63) is 64.8 Å². The Balaban J connectivity index is 1.65. The highest BCUT2D eigenvalue weighted by Crippen LogP contribution is 2.43. The molecule has 0 bridgehead atoms. The Bertz CT molecular complexity index is 1740. The van der Waals surface area contributed by atoms with Crippen LogP contribution in [0.25, 0.3) is 27.8 Å². The quantitative estimate of drug-likeness (QED) is 0.358. The fourth-order valence-corrected chi connectivity index (χ4v) is 4.64. The fraction of sp³-hybridized carbons (Fsp3) is 0.182. The van der Waals surface area contributed by atoms with Crippen molar-refractivity contribution in [3.8, 4) is 28.4 Å². The summed E-state index contributed by atoms with van der Waals surface area (Å²) in [7, 11) is -4.04. The summed E-state index contributed by atoms with van der Waals surface area (Å²) in [5.41, 5.74) is -2.03. The predicted molar refractivity (Wildman–Crippen MR) is 117 cm³/mol. The second-order valence-electron chi connectivity index (χ2n) is 7.80. The van der Waals surface area contributed by atoms with Gasteiger partial charge in [0.2, 0.25) is 0 Å². The van der Waals surface area contributed by atoms with Crippen LogP contribution in [0.15, 0.2) is 58.6 Å². The van der Waals surface area contributed by atoms with Crippen LogP contribution < -0.4 is 15.0 Å². The topological polar surface area (TPSA) is 113 Å². The zero-order valence-corrected chi connectivity index (χ0v) is 19.3. The predicted octanol–water partition coefficient (Wildman–Crippen LogP) is 3.98. The molecule has 1 aliphatic heterocycles. The summed E-state index contributed by atoms with van der Waals surface area (Å²) < 4.78 is 101. The Labute approximate surface area is 204 Å². The lowest BCUT2D eigenvalue weighted by Gasteiger charge is -2.13. The molecule has 0 saturated heterocycles. The molecule has 9 nitrogen and oxygen atoms in total. The number of alkyl halides is 5. The van der Waals surface area contributed by atoms with Crippen LogP contribution in [0, 0.1) is 0 Å². The van der Waals surface area contributed by atoms with Crippen LogP contribution in [0.4, 0.5) is 22.0 Å². The number of ether oxygens (including phenoxy) is 2. The monoisotopic (exact) mass is 540 g/mol. The van der Waals surface area contributed by atoms with E-state index in [9.17, 15) is 35.2 Å². The third-order valence-corrected chi connectivity index (χ3v) is 7.17. The summed E-state index contributed by atoms with van der Waals surface area (Å²) >= 11 is 0. The van der Waals surface area contributed by atoms with Gasteiger partial charge in [-0.1, -0.05) is 13.0 Å². The van der Waals surface area contributed by atoms with Crippen molar-refractivity contribution in [1.82, 2.24) is 19.7 Å². The zero-order chi connectivity index (χ0) is 26.8. The molecule has 5 rings (SSSR count). The zero-order valence-electron chi connectivity index (χ0n) is 18.5.